The zero-order valence-electron chi connectivity index (χ0n) is 17.3. The average molecular weight is 426 g/mol. The molecule has 158 valence electrons. The highest BCUT2D eigenvalue weighted by atomic mass is 19.1. The van der Waals surface area contributed by atoms with Gasteiger partial charge >= 0.3 is 0 Å². The average Bonchev–Trinajstić information content (AvgIpc) is 3.13. The van der Waals surface area contributed by atoms with E-state index in [4.69, 9.17) is 4.98 Å². The molecule has 0 bridgehead atoms. The van der Waals surface area contributed by atoms with Crippen LogP contribution in [0.1, 0.15) is 0 Å². The Bertz CT molecular complexity index is 1500. The lowest BCUT2D eigenvalue weighted by atomic mass is 10.1. The third kappa shape index (κ3) is 3.33. The highest BCUT2D eigenvalue weighted by Crippen LogP contribution is 2.23. The van der Waals surface area contributed by atoms with E-state index in [0.717, 1.165) is 11.2 Å². The van der Waals surface area contributed by atoms with E-state index >= 15 is 0 Å². The summed E-state index contributed by atoms with van der Waals surface area (Å²) < 4.78 is 16.6. The van der Waals surface area contributed by atoms with Gasteiger partial charge in [0.25, 0.3) is 5.56 Å². The summed E-state index contributed by atoms with van der Waals surface area (Å²) in [5.41, 5.74) is 2.94. The molecule has 32 heavy (non-hydrogen) atoms. The Morgan fingerprint density at radius 1 is 0.938 bits per heavy atom. The van der Waals surface area contributed by atoms with Crippen molar-refractivity contribution in [3.05, 3.63) is 101 Å². The Morgan fingerprint density at radius 3 is 2.31 bits per heavy atom. The fourth-order valence-electron chi connectivity index (χ4n) is 3.83. The van der Waals surface area contributed by atoms with Gasteiger partial charge in [-0.05, 0) is 48.5 Å². The molecule has 0 saturated heterocycles. The molecule has 3 aromatic carbocycles. The highest BCUT2D eigenvalue weighted by molar-refractivity contribution is 5.94. The summed E-state index contributed by atoms with van der Waals surface area (Å²) in [5, 5.41) is 0. The van der Waals surface area contributed by atoms with Crippen molar-refractivity contribution in [2.24, 2.45) is 0 Å². The number of likely N-dealkylation sites (N-methyl/N-ethyl adjacent to an activating group) is 1. The molecule has 0 aliphatic carbocycles. The van der Waals surface area contributed by atoms with Gasteiger partial charge in [-0.25, -0.2) is 13.8 Å². The Labute approximate surface area is 182 Å². The van der Waals surface area contributed by atoms with Crippen LogP contribution in [0.2, 0.25) is 0 Å². The number of aromatic nitrogens is 3. The number of benzene rings is 3. The Hall–Kier alpha value is -4.26. The number of nitrogens with zero attached hydrogens (tertiary/aromatic N) is 4. The molecule has 0 aliphatic rings. The first-order valence-corrected chi connectivity index (χ1v) is 10.1. The lowest BCUT2D eigenvalue weighted by molar-refractivity contribution is -0.118. The minimum Gasteiger partial charge on any atom is -0.314 e. The SMILES string of the molecule is CN(C(=O)Cn1c2ccccc2n2c(=O)cc(-c3ccc(F)cc3)nc12)c1ccccc1. The minimum absolute atomic E-state index is 0.00171. The number of para-hydroxylation sites is 3. The minimum atomic E-state index is -0.366. The summed E-state index contributed by atoms with van der Waals surface area (Å²) in [6.45, 7) is 0.00171. The molecule has 2 heterocycles. The predicted molar refractivity (Wildman–Crippen MR) is 122 cm³/mol. The number of imidazole rings is 1. The number of hydrogen-bond acceptors (Lipinski definition) is 3. The van der Waals surface area contributed by atoms with E-state index in [0.29, 0.717) is 22.6 Å². The third-order valence-corrected chi connectivity index (χ3v) is 5.51. The van der Waals surface area contributed by atoms with Crippen molar-refractivity contribution in [1.29, 1.82) is 0 Å². The van der Waals surface area contributed by atoms with Gasteiger partial charge in [0.1, 0.15) is 12.4 Å². The largest absolute Gasteiger partial charge is 0.314 e. The fourth-order valence-corrected chi connectivity index (χ4v) is 3.83. The van der Waals surface area contributed by atoms with Gasteiger partial charge in [-0.2, -0.15) is 0 Å². The molecule has 0 unspecified atom stereocenters. The number of amides is 1. The van der Waals surface area contributed by atoms with Crippen LogP contribution in [-0.4, -0.2) is 26.9 Å². The quantitative estimate of drug-likeness (QED) is 0.434. The molecule has 2 aromatic heterocycles. The van der Waals surface area contributed by atoms with E-state index in [9.17, 15) is 14.0 Å². The second kappa shape index (κ2) is 7.77. The number of anilines is 1. The third-order valence-electron chi connectivity index (χ3n) is 5.51. The summed E-state index contributed by atoms with van der Waals surface area (Å²) in [6, 6.07) is 24.0. The topological polar surface area (TPSA) is 59.6 Å². The molecule has 0 atom stereocenters. The summed E-state index contributed by atoms with van der Waals surface area (Å²) in [7, 11) is 1.72. The second-order valence-electron chi connectivity index (χ2n) is 7.49. The van der Waals surface area contributed by atoms with E-state index in [-0.39, 0.29) is 23.8 Å². The first kappa shape index (κ1) is 19.7. The van der Waals surface area contributed by atoms with E-state index < -0.39 is 0 Å². The lowest BCUT2D eigenvalue weighted by Crippen LogP contribution is -2.30. The van der Waals surface area contributed by atoms with Gasteiger partial charge in [0.2, 0.25) is 11.7 Å². The first-order valence-electron chi connectivity index (χ1n) is 10.1. The number of carbonyl (C=O) groups excluding carboxylic acids is 1. The van der Waals surface area contributed by atoms with Gasteiger partial charge < -0.3 is 9.47 Å². The van der Waals surface area contributed by atoms with Crippen LogP contribution in [0.25, 0.3) is 28.1 Å². The maximum atomic E-state index is 13.4. The van der Waals surface area contributed by atoms with Gasteiger partial charge in [-0.15, -0.1) is 0 Å². The first-order chi connectivity index (χ1) is 15.5. The van der Waals surface area contributed by atoms with Crippen LogP contribution in [0.5, 0.6) is 0 Å². The molecule has 0 fully saturated rings. The molecular weight excluding hydrogens is 407 g/mol. The summed E-state index contributed by atoms with van der Waals surface area (Å²) >= 11 is 0. The number of fused-ring (bicyclic) bond motifs is 3. The summed E-state index contributed by atoms with van der Waals surface area (Å²) in [5.74, 6) is -0.163. The van der Waals surface area contributed by atoms with Gasteiger partial charge in [-0.1, -0.05) is 30.3 Å². The van der Waals surface area contributed by atoms with Crippen LogP contribution in [0.3, 0.4) is 0 Å². The van der Waals surface area contributed by atoms with Crippen molar-refractivity contribution in [2.75, 3.05) is 11.9 Å². The van der Waals surface area contributed by atoms with Crippen molar-refractivity contribution >= 4 is 28.4 Å². The van der Waals surface area contributed by atoms with Gasteiger partial charge in [0, 0.05) is 24.4 Å². The molecule has 7 heteroatoms. The van der Waals surface area contributed by atoms with E-state index in [1.165, 1.54) is 22.6 Å². The molecule has 1 amide bonds. The Kier molecular flexibility index (Phi) is 4.78. The maximum Gasteiger partial charge on any atom is 0.260 e. The molecular formula is C25H19FN4O2. The van der Waals surface area contributed by atoms with Crippen LogP contribution in [0.15, 0.2) is 89.7 Å². The van der Waals surface area contributed by atoms with Crippen molar-refractivity contribution < 1.29 is 9.18 Å². The smallest absolute Gasteiger partial charge is 0.260 e. The summed E-state index contributed by atoms with van der Waals surface area (Å²) in [4.78, 5) is 32.4. The van der Waals surface area contributed by atoms with Gasteiger partial charge in [-0.3, -0.25) is 9.59 Å². The zero-order valence-corrected chi connectivity index (χ0v) is 17.3. The molecule has 5 aromatic rings. The van der Waals surface area contributed by atoms with Crippen LogP contribution in [0, 0.1) is 5.82 Å². The van der Waals surface area contributed by atoms with Gasteiger partial charge in [0.15, 0.2) is 0 Å². The van der Waals surface area contributed by atoms with Crippen LogP contribution >= 0.6 is 0 Å². The number of hydrogen-bond donors (Lipinski definition) is 0. The number of halogens is 1. The van der Waals surface area contributed by atoms with Crippen molar-refractivity contribution in [2.45, 2.75) is 6.54 Å². The highest BCUT2D eigenvalue weighted by Gasteiger charge is 2.19. The molecule has 0 N–H and O–H groups in total. The maximum absolute atomic E-state index is 13.4. The standard InChI is InChI=1S/C25H19FN4O2/c1-28(19-7-3-2-4-8-19)24(32)16-29-21-9-5-6-10-22(21)30-23(31)15-20(27-25(29)30)17-11-13-18(26)14-12-17/h2-15H,16H2,1H3. The van der Waals surface area contributed by atoms with Crippen LogP contribution in [-0.2, 0) is 11.3 Å². The normalized spacial score (nSPS) is 11.2. The predicted octanol–water partition coefficient (Wildman–Crippen LogP) is 4.12. The van der Waals surface area contributed by atoms with Gasteiger partial charge in [0.05, 0.1) is 16.7 Å². The fraction of sp³-hybridized carbons (Fsp3) is 0.0800. The molecule has 5 rings (SSSR count). The zero-order chi connectivity index (χ0) is 22.2. The summed E-state index contributed by atoms with van der Waals surface area (Å²) in [6.07, 6.45) is 0. The second-order valence-corrected chi connectivity index (χ2v) is 7.49. The monoisotopic (exact) mass is 426 g/mol. The van der Waals surface area contributed by atoms with E-state index in [1.807, 2.05) is 54.6 Å². The lowest BCUT2D eigenvalue weighted by Gasteiger charge is -2.18. The molecule has 6 nitrogen and oxygen atoms in total. The molecule has 0 aliphatic heterocycles. The van der Waals surface area contributed by atoms with E-state index in [2.05, 4.69) is 0 Å². The molecule has 0 saturated carbocycles. The van der Waals surface area contributed by atoms with Crippen molar-refractivity contribution in [1.82, 2.24) is 14.0 Å². The Morgan fingerprint density at radius 2 is 1.59 bits per heavy atom. The Balaban J connectivity index is 1.67. The van der Waals surface area contributed by atoms with Crippen molar-refractivity contribution in [3.8, 4) is 11.3 Å². The number of carbonyl (C=O) groups is 1. The van der Waals surface area contributed by atoms with E-state index in [1.54, 1.807) is 28.6 Å². The van der Waals surface area contributed by atoms with Crippen molar-refractivity contribution in [3.63, 3.8) is 0 Å². The number of rotatable bonds is 4. The van der Waals surface area contributed by atoms with Crippen LogP contribution in [0.4, 0.5) is 10.1 Å². The molecule has 0 spiro atoms. The van der Waals surface area contributed by atoms with Crippen LogP contribution < -0.4 is 10.5 Å². The molecule has 0 radical (unpaired) electrons.